The fourth-order valence-electron chi connectivity index (χ4n) is 3.58. The molecule has 0 aliphatic heterocycles. The lowest BCUT2D eigenvalue weighted by Gasteiger charge is -2.39. The van der Waals surface area contributed by atoms with Crippen LogP contribution in [-0.2, 0) is 14.4 Å². The summed E-state index contributed by atoms with van der Waals surface area (Å²) in [7, 11) is 0. The van der Waals surface area contributed by atoms with Crippen LogP contribution in [0.4, 0.5) is 0 Å². The number of ketones is 3. The van der Waals surface area contributed by atoms with Crippen LogP contribution in [0.3, 0.4) is 0 Å². The highest BCUT2D eigenvalue weighted by molar-refractivity contribution is 6.32. The summed E-state index contributed by atoms with van der Waals surface area (Å²) in [6.07, 6.45) is 6.44. The number of carbonyl (C=O) groups excluding carboxylic acids is 3. The molecule has 0 N–H and O–H groups in total. The molecule has 2 atom stereocenters. The first-order valence-corrected chi connectivity index (χ1v) is 7.05. The van der Waals surface area contributed by atoms with Gasteiger partial charge in [0.15, 0.2) is 17.3 Å². The molecule has 0 aromatic heterocycles. The number of Topliss-reactive ketones (excluding diaryl/α,β-unsaturated/α-hetero) is 2. The highest BCUT2D eigenvalue weighted by atomic mass is 16.2. The Hall–Kier alpha value is -1.77. The molecular formula is C17H18O3. The van der Waals surface area contributed by atoms with Gasteiger partial charge in [0.2, 0.25) is 0 Å². The molecule has 0 fully saturated rings. The van der Waals surface area contributed by atoms with Gasteiger partial charge in [0.1, 0.15) is 0 Å². The van der Waals surface area contributed by atoms with Crippen molar-refractivity contribution in [3.63, 3.8) is 0 Å². The van der Waals surface area contributed by atoms with Crippen molar-refractivity contribution in [2.24, 2.45) is 17.3 Å². The van der Waals surface area contributed by atoms with Gasteiger partial charge < -0.3 is 0 Å². The van der Waals surface area contributed by atoms with Gasteiger partial charge in [0.25, 0.3) is 0 Å². The second-order valence-corrected chi connectivity index (χ2v) is 6.60. The Morgan fingerprint density at radius 1 is 1.10 bits per heavy atom. The highest BCUT2D eigenvalue weighted by Crippen LogP contribution is 2.46. The molecule has 0 aromatic rings. The van der Waals surface area contributed by atoms with Crippen molar-refractivity contribution in [3.05, 3.63) is 34.9 Å². The highest BCUT2D eigenvalue weighted by Gasteiger charge is 2.49. The van der Waals surface area contributed by atoms with Crippen LogP contribution < -0.4 is 0 Å². The third-order valence-electron chi connectivity index (χ3n) is 4.71. The predicted molar refractivity (Wildman–Crippen MR) is 74.9 cm³/mol. The van der Waals surface area contributed by atoms with Gasteiger partial charge in [-0.15, -0.1) is 0 Å². The molecule has 3 nitrogen and oxygen atoms in total. The van der Waals surface area contributed by atoms with Gasteiger partial charge in [-0.2, -0.15) is 0 Å². The van der Waals surface area contributed by atoms with Crippen molar-refractivity contribution in [1.29, 1.82) is 0 Å². The van der Waals surface area contributed by atoms with Crippen LogP contribution in [0.25, 0.3) is 0 Å². The molecule has 0 aromatic carbocycles. The quantitative estimate of drug-likeness (QED) is 0.502. The standard InChI is InChI=1S/C17H18O3/c1-9-4-5-10-11(8-9)15(19)13-12(18)6-7-17(2,3)14(13)16(10)20/h4,6-7,10-11H,5,8H2,1-3H3. The number of allylic oxidation sites excluding steroid dienone is 6. The number of rotatable bonds is 0. The Bertz CT molecular complexity index is 629. The lowest BCUT2D eigenvalue weighted by molar-refractivity contribution is -0.133. The van der Waals surface area contributed by atoms with Crippen molar-refractivity contribution in [2.75, 3.05) is 0 Å². The van der Waals surface area contributed by atoms with Crippen molar-refractivity contribution >= 4 is 17.3 Å². The summed E-state index contributed by atoms with van der Waals surface area (Å²) in [6, 6.07) is 0. The molecule has 104 valence electrons. The first-order valence-electron chi connectivity index (χ1n) is 7.05. The molecule has 3 heteroatoms. The van der Waals surface area contributed by atoms with Gasteiger partial charge in [-0.05, 0) is 25.8 Å². The summed E-state index contributed by atoms with van der Waals surface area (Å²) in [5.41, 5.74) is 1.19. The second-order valence-electron chi connectivity index (χ2n) is 6.60. The van der Waals surface area contributed by atoms with E-state index in [2.05, 4.69) is 0 Å². The van der Waals surface area contributed by atoms with Crippen molar-refractivity contribution in [3.8, 4) is 0 Å². The molecule has 0 amide bonds. The molecule has 2 unspecified atom stereocenters. The summed E-state index contributed by atoms with van der Waals surface area (Å²) in [4.78, 5) is 37.6. The van der Waals surface area contributed by atoms with Crippen LogP contribution in [-0.4, -0.2) is 17.3 Å². The summed E-state index contributed by atoms with van der Waals surface area (Å²) < 4.78 is 0. The Balaban J connectivity index is 2.16. The van der Waals surface area contributed by atoms with E-state index in [1.165, 1.54) is 6.08 Å². The fourth-order valence-corrected chi connectivity index (χ4v) is 3.58. The molecule has 0 saturated carbocycles. The third kappa shape index (κ3) is 1.69. The largest absolute Gasteiger partial charge is 0.294 e. The molecule has 3 aliphatic rings. The number of hydrogen-bond acceptors (Lipinski definition) is 3. The Labute approximate surface area is 118 Å². The van der Waals surface area contributed by atoms with Crippen molar-refractivity contribution in [1.82, 2.24) is 0 Å². The van der Waals surface area contributed by atoms with Crippen molar-refractivity contribution < 1.29 is 14.4 Å². The maximum atomic E-state index is 12.8. The normalized spacial score (nSPS) is 31.9. The van der Waals surface area contributed by atoms with E-state index in [0.29, 0.717) is 18.4 Å². The van der Waals surface area contributed by atoms with E-state index < -0.39 is 5.41 Å². The first-order chi connectivity index (χ1) is 9.33. The maximum absolute atomic E-state index is 12.8. The molecule has 0 bridgehead atoms. The average molecular weight is 270 g/mol. The van der Waals surface area contributed by atoms with E-state index in [1.54, 1.807) is 6.08 Å². The van der Waals surface area contributed by atoms with Gasteiger partial charge >= 0.3 is 0 Å². The molecule has 20 heavy (non-hydrogen) atoms. The van der Waals surface area contributed by atoms with Crippen LogP contribution in [0.1, 0.15) is 33.6 Å². The molecule has 3 rings (SSSR count). The molecule has 0 heterocycles. The van der Waals surface area contributed by atoms with Crippen LogP contribution in [0.15, 0.2) is 34.9 Å². The van der Waals surface area contributed by atoms with E-state index >= 15 is 0 Å². The van der Waals surface area contributed by atoms with Gasteiger partial charge in [-0.3, -0.25) is 14.4 Å². The molecule has 0 spiro atoms. The van der Waals surface area contributed by atoms with Gasteiger partial charge in [-0.25, -0.2) is 0 Å². The zero-order valence-corrected chi connectivity index (χ0v) is 12.0. The average Bonchev–Trinajstić information content (AvgIpc) is 2.38. The van der Waals surface area contributed by atoms with E-state index in [-0.39, 0.29) is 34.8 Å². The molecular weight excluding hydrogens is 252 g/mol. The first kappa shape index (κ1) is 13.2. The van der Waals surface area contributed by atoms with Crippen molar-refractivity contribution in [2.45, 2.75) is 33.6 Å². The van der Waals surface area contributed by atoms with Crippen LogP contribution in [0, 0.1) is 17.3 Å². The Morgan fingerprint density at radius 3 is 2.50 bits per heavy atom. The minimum absolute atomic E-state index is 0.00366. The van der Waals surface area contributed by atoms with E-state index in [0.717, 1.165) is 5.57 Å². The number of carbonyl (C=O) groups is 3. The predicted octanol–water partition coefficient (Wildman–Crippen LogP) is 2.57. The number of hydrogen-bond donors (Lipinski definition) is 0. The zero-order valence-electron chi connectivity index (χ0n) is 12.0. The fraction of sp³-hybridized carbons (Fsp3) is 0.471. The summed E-state index contributed by atoms with van der Waals surface area (Å²) >= 11 is 0. The minimum atomic E-state index is -0.531. The molecule has 0 saturated heterocycles. The van der Waals surface area contributed by atoms with Crippen LogP contribution >= 0.6 is 0 Å². The monoisotopic (exact) mass is 270 g/mol. The SMILES string of the molecule is CC1=CCC2C(=O)C3=C(C(=O)C=CC3(C)C)C(=O)C2C1. The van der Waals surface area contributed by atoms with Crippen LogP contribution in [0.2, 0.25) is 0 Å². The lowest BCUT2D eigenvalue weighted by Crippen LogP contribution is -2.45. The molecule has 3 aliphatic carbocycles. The van der Waals surface area contributed by atoms with E-state index in [9.17, 15) is 14.4 Å². The third-order valence-corrected chi connectivity index (χ3v) is 4.71. The summed E-state index contributed by atoms with van der Waals surface area (Å²) in [5, 5.41) is 0. The van der Waals surface area contributed by atoms with Gasteiger partial charge in [0, 0.05) is 22.8 Å². The number of fused-ring (bicyclic) bond motifs is 1. The summed E-state index contributed by atoms with van der Waals surface area (Å²) in [6.45, 7) is 5.76. The van der Waals surface area contributed by atoms with E-state index in [4.69, 9.17) is 0 Å². The Morgan fingerprint density at radius 2 is 1.80 bits per heavy atom. The van der Waals surface area contributed by atoms with Gasteiger partial charge in [-0.1, -0.05) is 31.6 Å². The second kappa shape index (κ2) is 4.11. The van der Waals surface area contributed by atoms with Crippen LogP contribution in [0.5, 0.6) is 0 Å². The smallest absolute Gasteiger partial charge is 0.189 e. The summed E-state index contributed by atoms with van der Waals surface area (Å²) in [5.74, 6) is -1.04. The lowest BCUT2D eigenvalue weighted by atomic mass is 9.61. The zero-order chi connectivity index (χ0) is 14.7. The maximum Gasteiger partial charge on any atom is 0.189 e. The van der Waals surface area contributed by atoms with E-state index in [1.807, 2.05) is 26.8 Å². The molecule has 0 radical (unpaired) electrons. The topological polar surface area (TPSA) is 51.2 Å². The minimum Gasteiger partial charge on any atom is -0.294 e. The van der Waals surface area contributed by atoms with Gasteiger partial charge in [0.05, 0.1) is 5.57 Å². The Kier molecular flexibility index (Phi) is 2.72.